The van der Waals surface area contributed by atoms with Gasteiger partial charge < -0.3 is 16.2 Å². The molecule has 1 aromatic heterocycles. The Morgan fingerprint density at radius 3 is 2.63 bits per heavy atom. The zero-order valence-corrected chi connectivity index (χ0v) is 10.3. The normalized spacial score (nSPS) is 11.8. The van der Waals surface area contributed by atoms with E-state index in [9.17, 15) is 9.90 Å². The van der Waals surface area contributed by atoms with E-state index >= 15 is 0 Å². The molecule has 1 heterocycles. The van der Waals surface area contributed by atoms with Crippen LogP contribution in [-0.2, 0) is 0 Å². The second-order valence-electron chi connectivity index (χ2n) is 4.06. The second-order valence-corrected chi connectivity index (χ2v) is 4.06. The molecular formula is C14H15N3O2. The fourth-order valence-corrected chi connectivity index (χ4v) is 1.75. The van der Waals surface area contributed by atoms with Gasteiger partial charge in [0.25, 0.3) is 5.91 Å². The third kappa shape index (κ3) is 3.08. The Labute approximate surface area is 111 Å². The monoisotopic (exact) mass is 257 g/mol. The smallest absolute Gasteiger partial charge is 0.272 e. The quantitative estimate of drug-likeness (QED) is 0.766. The van der Waals surface area contributed by atoms with E-state index in [1.54, 1.807) is 12.1 Å². The maximum atomic E-state index is 12.0. The number of aliphatic hydroxyl groups excluding tert-OH is 1. The van der Waals surface area contributed by atoms with Gasteiger partial charge in [0.05, 0.1) is 18.3 Å². The summed E-state index contributed by atoms with van der Waals surface area (Å²) in [5.41, 5.74) is 6.99. The number of benzene rings is 1. The Kier molecular flexibility index (Phi) is 4.10. The van der Waals surface area contributed by atoms with Crippen molar-refractivity contribution in [1.82, 2.24) is 10.3 Å². The summed E-state index contributed by atoms with van der Waals surface area (Å²) in [5, 5.41) is 12.1. The first-order valence-corrected chi connectivity index (χ1v) is 5.89. The van der Waals surface area contributed by atoms with E-state index in [0.29, 0.717) is 5.69 Å². The molecule has 0 aliphatic heterocycles. The average Bonchev–Trinajstić information content (AvgIpc) is 2.46. The van der Waals surface area contributed by atoms with Gasteiger partial charge in [-0.1, -0.05) is 30.3 Å². The molecule has 0 bridgehead atoms. The summed E-state index contributed by atoms with van der Waals surface area (Å²) >= 11 is 0. The molecule has 0 spiro atoms. The number of pyridine rings is 1. The summed E-state index contributed by atoms with van der Waals surface area (Å²) in [6, 6.07) is 12.0. The highest BCUT2D eigenvalue weighted by atomic mass is 16.3. The Morgan fingerprint density at radius 1 is 1.26 bits per heavy atom. The topological polar surface area (TPSA) is 88.2 Å². The van der Waals surface area contributed by atoms with E-state index in [4.69, 9.17) is 5.73 Å². The summed E-state index contributed by atoms with van der Waals surface area (Å²) in [5.74, 6) is -0.402. The van der Waals surface area contributed by atoms with Crippen molar-refractivity contribution < 1.29 is 9.90 Å². The minimum atomic E-state index is -0.477. The van der Waals surface area contributed by atoms with Crippen LogP contribution in [0.2, 0.25) is 0 Å². The number of hydrogen-bond acceptors (Lipinski definition) is 4. The Morgan fingerprint density at radius 2 is 2.00 bits per heavy atom. The van der Waals surface area contributed by atoms with Gasteiger partial charge in [0.2, 0.25) is 0 Å². The molecule has 0 saturated carbocycles. The molecule has 98 valence electrons. The maximum absolute atomic E-state index is 12.0. The number of carbonyl (C=O) groups is 1. The van der Waals surface area contributed by atoms with Gasteiger partial charge in [-0.3, -0.25) is 4.79 Å². The lowest BCUT2D eigenvalue weighted by Crippen LogP contribution is -2.31. The molecule has 1 aromatic carbocycles. The van der Waals surface area contributed by atoms with E-state index in [1.807, 2.05) is 30.3 Å². The summed E-state index contributed by atoms with van der Waals surface area (Å²) in [7, 11) is 0. The fourth-order valence-electron chi connectivity index (χ4n) is 1.75. The van der Waals surface area contributed by atoms with Crippen molar-refractivity contribution in [2.45, 2.75) is 6.04 Å². The van der Waals surface area contributed by atoms with Crippen molar-refractivity contribution >= 4 is 11.6 Å². The van der Waals surface area contributed by atoms with Crippen LogP contribution in [0.1, 0.15) is 22.1 Å². The van der Waals surface area contributed by atoms with Crippen LogP contribution in [0.25, 0.3) is 0 Å². The van der Waals surface area contributed by atoms with Gasteiger partial charge in [0.1, 0.15) is 0 Å². The molecule has 0 fully saturated rings. The van der Waals surface area contributed by atoms with Crippen LogP contribution in [0.4, 0.5) is 5.69 Å². The van der Waals surface area contributed by atoms with E-state index in [1.165, 1.54) is 6.20 Å². The molecule has 4 N–H and O–H groups in total. The van der Waals surface area contributed by atoms with Crippen molar-refractivity contribution in [2.75, 3.05) is 12.3 Å². The van der Waals surface area contributed by atoms with Crippen molar-refractivity contribution in [3.8, 4) is 0 Å². The number of rotatable bonds is 4. The maximum Gasteiger partial charge on any atom is 0.272 e. The highest BCUT2D eigenvalue weighted by Gasteiger charge is 2.17. The molecule has 0 radical (unpaired) electrons. The van der Waals surface area contributed by atoms with E-state index in [0.717, 1.165) is 5.56 Å². The predicted octanol–water partition coefficient (Wildman–Crippen LogP) is 1.13. The molecular weight excluding hydrogens is 242 g/mol. The fraction of sp³-hybridized carbons (Fsp3) is 0.143. The first-order chi connectivity index (χ1) is 9.22. The van der Waals surface area contributed by atoms with Crippen LogP contribution in [-0.4, -0.2) is 22.6 Å². The van der Waals surface area contributed by atoms with Gasteiger partial charge in [-0.25, -0.2) is 4.98 Å². The highest BCUT2D eigenvalue weighted by molar-refractivity contribution is 5.97. The lowest BCUT2D eigenvalue weighted by molar-refractivity contribution is 0.0912. The van der Waals surface area contributed by atoms with Crippen LogP contribution in [0.5, 0.6) is 0 Å². The van der Waals surface area contributed by atoms with Crippen molar-refractivity contribution in [3.63, 3.8) is 0 Å². The van der Waals surface area contributed by atoms with Gasteiger partial charge in [-0.2, -0.15) is 0 Å². The largest absolute Gasteiger partial charge is 0.397 e. The molecule has 0 unspecified atom stereocenters. The molecule has 1 amide bonds. The van der Waals surface area contributed by atoms with Crippen LogP contribution >= 0.6 is 0 Å². The number of nitrogen functional groups attached to an aromatic ring is 1. The van der Waals surface area contributed by atoms with Crippen molar-refractivity contribution in [3.05, 3.63) is 59.9 Å². The van der Waals surface area contributed by atoms with Crippen LogP contribution < -0.4 is 11.1 Å². The molecule has 0 aliphatic carbocycles. The van der Waals surface area contributed by atoms with Crippen LogP contribution in [0.15, 0.2) is 48.7 Å². The standard InChI is InChI=1S/C14H15N3O2/c15-11-7-4-8-16-13(11)14(19)17-12(9-18)10-5-2-1-3-6-10/h1-8,12,18H,9,15H2,(H,17,19)/t12-/m0/s1. The van der Waals surface area contributed by atoms with Gasteiger partial charge in [-0.05, 0) is 17.7 Å². The van der Waals surface area contributed by atoms with Gasteiger partial charge in [0, 0.05) is 6.20 Å². The van der Waals surface area contributed by atoms with Gasteiger partial charge in [0.15, 0.2) is 5.69 Å². The number of hydrogen-bond donors (Lipinski definition) is 3. The minimum Gasteiger partial charge on any atom is -0.397 e. The molecule has 0 aliphatic rings. The highest BCUT2D eigenvalue weighted by Crippen LogP contribution is 2.14. The second kappa shape index (κ2) is 5.97. The summed E-state index contributed by atoms with van der Waals surface area (Å²) < 4.78 is 0. The third-order valence-corrected chi connectivity index (χ3v) is 2.74. The Bertz CT molecular complexity index is 558. The first kappa shape index (κ1) is 13.0. The Balaban J connectivity index is 2.16. The minimum absolute atomic E-state index is 0.164. The molecule has 19 heavy (non-hydrogen) atoms. The summed E-state index contributed by atoms with van der Waals surface area (Å²) in [4.78, 5) is 16.0. The number of aromatic nitrogens is 1. The molecule has 5 heteroatoms. The number of nitrogens with one attached hydrogen (secondary N) is 1. The van der Waals surface area contributed by atoms with E-state index < -0.39 is 11.9 Å². The summed E-state index contributed by atoms with van der Waals surface area (Å²) in [6.45, 7) is -0.192. The van der Waals surface area contributed by atoms with Gasteiger partial charge in [-0.15, -0.1) is 0 Å². The zero-order chi connectivity index (χ0) is 13.7. The lowest BCUT2D eigenvalue weighted by Gasteiger charge is -2.16. The summed E-state index contributed by atoms with van der Waals surface area (Å²) in [6.07, 6.45) is 1.50. The van der Waals surface area contributed by atoms with E-state index in [2.05, 4.69) is 10.3 Å². The first-order valence-electron chi connectivity index (χ1n) is 5.89. The number of aliphatic hydroxyl groups is 1. The number of nitrogens with zero attached hydrogens (tertiary/aromatic N) is 1. The number of anilines is 1. The predicted molar refractivity (Wildman–Crippen MR) is 72.4 cm³/mol. The lowest BCUT2D eigenvalue weighted by atomic mass is 10.1. The zero-order valence-electron chi connectivity index (χ0n) is 10.3. The van der Waals surface area contributed by atoms with Crippen molar-refractivity contribution in [2.24, 2.45) is 0 Å². The Hall–Kier alpha value is -2.40. The molecule has 2 aromatic rings. The number of carbonyl (C=O) groups excluding carboxylic acids is 1. The van der Waals surface area contributed by atoms with Gasteiger partial charge >= 0.3 is 0 Å². The number of amides is 1. The van der Waals surface area contributed by atoms with Crippen molar-refractivity contribution in [1.29, 1.82) is 0 Å². The van der Waals surface area contributed by atoms with E-state index in [-0.39, 0.29) is 12.3 Å². The molecule has 0 saturated heterocycles. The van der Waals surface area contributed by atoms with Crippen LogP contribution in [0, 0.1) is 0 Å². The van der Waals surface area contributed by atoms with Crippen LogP contribution in [0.3, 0.4) is 0 Å². The third-order valence-electron chi connectivity index (χ3n) is 2.74. The number of nitrogens with two attached hydrogens (primary N) is 1. The average molecular weight is 257 g/mol. The molecule has 2 rings (SSSR count). The molecule has 5 nitrogen and oxygen atoms in total. The molecule has 1 atom stereocenters. The SMILES string of the molecule is Nc1cccnc1C(=O)N[C@@H](CO)c1ccccc1.